The lowest BCUT2D eigenvalue weighted by molar-refractivity contribution is -0.288. The number of hydrogen-bond acceptors (Lipinski definition) is 30. The summed E-state index contributed by atoms with van der Waals surface area (Å²) in [7, 11) is -5.70. The lowest BCUT2D eigenvalue weighted by Crippen LogP contribution is -2.63. The van der Waals surface area contributed by atoms with Gasteiger partial charge in [-0.1, -0.05) is 14.1 Å². The number of phenols is 1. The highest BCUT2D eigenvalue weighted by atomic mass is 32.3. The predicted octanol–water partition coefficient (Wildman–Crippen LogP) is 1.71. The molecular formula is C50H63FN8O28S. The number of ether oxygens (including phenoxy) is 14. The summed E-state index contributed by atoms with van der Waals surface area (Å²) >= 11 is 0. The Morgan fingerprint density at radius 1 is 0.523 bits per heavy atom. The molecule has 2 aliphatic rings. The predicted molar refractivity (Wildman–Crippen MR) is 285 cm³/mol. The maximum absolute atomic E-state index is 13.7. The van der Waals surface area contributed by atoms with Gasteiger partial charge in [0.15, 0.2) is 47.4 Å². The van der Waals surface area contributed by atoms with Crippen LogP contribution >= 0.6 is 0 Å². The monoisotopic (exact) mass is 1270 g/mol. The standard InChI is InChI=1S/C25H31FN4O15S.C25H32N4O13/c1-13(31)39-12-20-21(40-14(2)32)22(41-15(3)33)23(42-16(4)34)25(44-20)43-18-6-5-17(11-19(18)45-46(26,36)37)24(35)28-7-9-38-10-8-29-30-27;1-13(30)37-12-20-21(38-14(2)31)22(39-15(3)32)23(40-16(4)33)25(42-20)41-19-6-5-17(11-18(19)34)24(35)27-7-9-36-10-8-28-29-26/h5-6,11,20-23,25H,7-10,12H2,1-4H3,(H,28,35);5-6,11,20-23,25,34H,7-10,12H2,1-4H3,(H,27,35)/t2*20-,21+,22+,23+,25?/m11/s1. The van der Waals surface area contributed by atoms with Crippen molar-refractivity contribution in [1.29, 1.82) is 0 Å². The van der Waals surface area contributed by atoms with E-state index in [2.05, 4.69) is 34.9 Å². The molecule has 36 nitrogen and oxygen atoms in total. The molecule has 2 unspecified atom stereocenters. The Hall–Kier alpha value is -9.32. The third kappa shape index (κ3) is 26.1. The molecular weight excluding hydrogens is 1210 g/mol. The zero-order valence-corrected chi connectivity index (χ0v) is 49.1. The van der Waals surface area contributed by atoms with Crippen LogP contribution in [0.5, 0.6) is 23.0 Å². The number of nitrogens with zero attached hydrogens (tertiary/aromatic N) is 6. The van der Waals surface area contributed by atoms with Crippen LogP contribution in [0.3, 0.4) is 0 Å². The number of rotatable bonds is 30. The molecule has 2 heterocycles. The molecule has 0 bridgehead atoms. The van der Waals surface area contributed by atoms with Crippen molar-refractivity contribution in [3.8, 4) is 23.0 Å². The van der Waals surface area contributed by atoms with E-state index in [1.54, 1.807) is 0 Å². The number of halogens is 1. The molecule has 0 spiro atoms. The Morgan fingerprint density at radius 3 is 1.25 bits per heavy atom. The van der Waals surface area contributed by atoms with Crippen LogP contribution in [0.4, 0.5) is 3.89 Å². The lowest BCUT2D eigenvalue weighted by atomic mass is 9.98. The number of hydrogen-bond donors (Lipinski definition) is 3. The van der Waals surface area contributed by atoms with Crippen molar-refractivity contribution in [3.05, 3.63) is 68.4 Å². The Kier molecular flexibility index (Phi) is 30.4. The third-order valence-corrected chi connectivity index (χ3v) is 11.2. The van der Waals surface area contributed by atoms with Crippen LogP contribution in [0.2, 0.25) is 0 Å². The smallest absolute Gasteiger partial charge is 0.488 e. The molecule has 2 fully saturated rings. The average Bonchev–Trinajstić information content (AvgIpc) is 0.870. The second kappa shape index (κ2) is 36.6. The zero-order chi connectivity index (χ0) is 65.7. The molecule has 0 saturated carbocycles. The molecule has 2 saturated heterocycles. The maximum Gasteiger partial charge on any atom is 0.488 e. The molecule has 3 N–H and O–H groups in total. The van der Waals surface area contributed by atoms with Crippen LogP contribution in [0.15, 0.2) is 46.6 Å². The fourth-order valence-corrected chi connectivity index (χ4v) is 8.02. The van der Waals surface area contributed by atoms with Gasteiger partial charge in [-0.05, 0) is 47.5 Å². The molecule has 0 aliphatic carbocycles. The number of nitrogens with one attached hydrogen (secondary N) is 2. The van der Waals surface area contributed by atoms with Gasteiger partial charge in [-0.3, -0.25) is 47.9 Å². The highest BCUT2D eigenvalue weighted by Gasteiger charge is 2.55. The van der Waals surface area contributed by atoms with E-state index in [4.69, 9.17) is 77.4 Å². The minimum absolute atomic E-state index is 0.0182. The fourth-order valence-electron chi connectivity index (χ4n) is 7.68. The lowest BCUT2D eigenvalue weighted by Gasteiger charge is -2.43. The molecule has 10 atom stereocenters. The van der Waals surface area contributed by atoms with Crippen molar-refractivity contribution in [3.63, 3.8) is 0 Å². The summed E-state index contributed by atoms with van der Waals surface area (Å²) in [5.74, 6) is -10.1. The van der Waals surface area contributed by atoms with E-state index >= 15 is 0 Å². The number of aromatic hydroxyl groups is 1. The van der Waals surface area contributed by atoms with E-state index in [1.807, 2.05) is 0 Å². The van der Waals surface area contributed by atoms with Gasteiger partial charge < -0.3 is 86.2 Å². The van der Waals surface area contributed by atoms with Gasteiger partial charge in [0.2, 0.25) is 24.8 Å². The van der Waals surface area contributed by atoms with Crippen LogP contribution in [0.1, 0.15) is 76.1 Å². The van der Waals surface area contributed by atoms with Gasteiger partial charge in [0.1, 0.15) is 25.4 Å². The summed E-state index contributed by atoms with van der Waals surface area (Å²) in [5.41, 5.74) is 16.3. The number of phenolic OH excluding ortho intramolecular Hbond substituents is 1. The quantitative estimate of drug-likeness (QED) is 0.0191. The van der Waals surface area contributed by atoms with Crippen molar-refractivity contribution in [2.24, 2.45) is 10.2 Å². The number of carbonyl (C=O) groups excluding carboxylic acids is 10. The van der Waals surface area contributed by atoms with Gasteiger partial charge in [-0.2, -0.15) is 8.42 Å². The summed E-state index contributed by atoms with van der Waals surface area (Å²) in [5, 5.41) is 22.2. The molecule has 0 aromatic heterocycles. The van der Waals surface area contributed by atoms with Crippen molar-refractivity contribution >= 4 is 70.1 Å². The second-order valence-electron chi connectivity index (χ2n) is 17.8. The van der Waals surface area contributed by atoms with E-state index in [-0.39, 0.29) is 69.5 Å². The van der Waals surface area contributed by atoms with Gasteiger partial charge in [-0.25, -0.2) is 0 Å². The van der Waals surface area contributed by atoms with Crippen LogP contribution in [0.25, 0.3) is 20.9 Å². The molecule has 2 aromatic carbocycles. The van der Waals surface area contributed by atoms with Crippen LogP contribution in [-0.2, 0) is 106 Å². The van der Waals surface area contributed by atoms with Crippen molar-refractivity contribution in [1.82, 2.24) is 10.6 Å². The third-order valence-electron chi connectivity index (χ3n) is 10.9. The Labute approximate surface area is 499 Å². The first kappa shape index (κ1) is 72.9. The molecule has 88 heavy (non-hydrogen) atoms. The Balaban J connectivity index is 0.000000462. The summed E-state index contributed by atoms with van der Waals surface area (Å²) in [6.45, 7) is 8.21. The van der Waals surface area contributed by atoms with Crippen LogP contribution < -0.4 is 24.3 Å². The van der Waals surface area contributed by atoms with E-state index in [9.17, 15) is 65.4 Å². The molecule has 2 aliphatic heterocycles. The average molecular weight is 1280 g/mol. The summed E-state index contributed by atoms with van der Waals surface area (Å²) in [6, 6.07) is 6.64. The van der Waals surface area contributed by atoms with Gasteiger partial charge in [0, 0.05) is 103 Å². The first-order valence-corrected chi connectivity index (χ1v) is 27.1. The summed E-state index contributed by atoms with van der Waals surface area (Å²) in [4.78, 5) is 125. The maximum atomic E-state index is 13.7. The van der Waals surface area contributed by atoms with Crippen molar-refractivity contribution < 1.29 is 136 Å². The van der Waals surface area contributed by atoms with Crippen molar-refractivity contribution in [2.45, 2.75) is 117 Å². The minimum Gasteiger partial charge on any atom is -0.504 e. The first-order valence-electron chi connectivity index (χ1n) is 25.8. The van der Waals surface area contributed by atoms with E-state index in [0.717, 1.165) is 79.7 Å². The topological polar surface area (TPSA) is 485 Å². The molecule has 0 radical (unpaired) electrons. The number of benzene rings is 2. The Morgan fingerprint density at radius 2 is 0.886 bits per heavy atom. The molecule has 38 heteroatoms. The van der Waals surface area contributed by atoms with Gasteiger partial charge in [-0.15, -0.1) is 0 Å². The van der Waals surface area contributed by atoms with Gasteiger partial charge >= 0.3 is 58.3 Å². The number of amides is 2. The molecule has 4 rings (SSSR count). The van der Waals surface area contributed by atoms with E-state index in [0.29, 0.717) is 0 Å². The number of esters is 8. The largest absolute Gasteiger partial charge is 0.504 e. The number of azide groups is 2. The zero-order valence-electron chi connectivity index (χ0n) is 48.2. The van der Waals surface area contributed by atoms with E-state index in [1.165, 1.54) is 12.1 Å². The van der Waals surface area contributed by atoms with Gasteiger partial charge in [0.05, 0.1) is 26.4 Å². The molecule has 2 amide bonds. The normalized spacial score (nSPS) is 20.9. The van der Waals surface area contributed by atoms with Crippen LogP contribution in [0, 0.1) is 0 Å². The summed E-state index contributed by atoms with van der Waals surface area (Å²) in [6.07, 6.45) is -15.3. The summed E-state index contributed by atoms with van der Waals surface area (Å²) < 4.78 is 116. The Bertz CT molecular complexity index is 3020. The van der Waals surface area contributed by atoms with Gasteiger partial charge in [0.25, 0.3) is 11.8 Å². The fraction of sp³-hybridized carbons (Fsp3) is 0.560. The SMILES string of the molecule is CC(=O)OC[C@H]1OC(Oc2ccc(C(=O)NCCOCCN=[N+]=[N-])cc2O)[C@@H](OC(C)=O)[C@@H](OC(C)=O)[C@H]1OC(C)=O.CC(=O)OC[C@H]1OC(Oc2ccc(C(=O)NCCOCCN=[N+]=[N-])cc2OS(=O)(=O)F)[C@@H](OC(C)=O)[C@@H](OC(C)=O)[C@H]1OC(C)=O. The highest BCUT2D eigenvalue weighted by Crippen LogP contribution is 2.37. The van der Waals surface area contributed by atoms with Crippen LogP contribution in [-0.4, -0.2) is 200 Å². The molecule has 2 aromatic rings. The number of carbonyl (C=O) groups is 10. The second-order valence-corrected chi connectivity index (χ2v) is 18.8. The van der Waals surface area contributed by atoms with E-state index < -0.39 is 162 Å². The first-order chi connectivity index (χ1) is 41.5. The highest BCUT2D eigenvalue weighted by molar-refractivity contribution is 7.81. The van der Waals surface area contributed by atoms with Crippen molar-refractivity contribution in [2.75, 3.05) is 65.8 Å². The minimum atomic E-state index is -5.70. The molecule has 484 valence electrons.